The summed E-state index contributed by atoms with van der Waals surface area (Å²) >= 11 is 0.522. The van der Waals surface area contributed by atoms with E-state index in [0.717, 1.165) is 85.6 Å². The molecule has 2 aromatic heterocycles. The number of rotatable bonds is 6. The minimum absolute atomic E-state index is 0.0159. The molecule has 1 aromatic carbocycles. The molecule has 4 heterocycles. The number of piperidine rings is 1. The van der Waals surface area contributed by atoms with Gasteiger partial charge in [0.1, 0.15) is 6.26 Å². The standard InChI is InChI=1S/C26H32N6O3S2/c1-37(34)20-15-27-24(28-16-20)29-18-4-5-19(14-18)30-25-31-21-6-3-17(13-22(21)36-25)23(33)32-10-8-26(9-11-32)7-2-12-35-26/h3,6,13,15-16,18-19H,2,4-5,7-12,14H2,1H3,(H,30,31)(H,27,28,29)/t18-,19-,37?/m0/s1. The SMILES string of the molecule is C[S+]([O-])c1cnc(N[C@H]2CC[C@H](Nc3nc4ccc(C(=O)N5CCC6(CCCO6)CC5)cc4s3)C2)nc1. The van der Waals surface area contributed by atoms with Crippen LogP contribution in [0.2, 0.25) is 0 Å². The van der Waals surface area contributed by atoms with Gasteiger partial charge in [-0.2, -0.15) is 0 Å². The molecule has 3 aromatic rings. The largest absolute Gasteiger partial charge is 0.612 e. The first-order chi connectivity index (χ1) is 18.0. The van der Waals surface area contributed by atoms with Crippen LogP contribution in [0.4, 0.5) is 11.1 Å². The second-order valence-corrected chi connectivity index (χ2v) is 12.7. The van der Waals surface area contributed by atoms with Crippen molar-refractivity contribution < 1.29 is 14.1 Å². The molecule has 1 aliphatic carbocycles. The molecule has 9 nitrogen and oxygen atoms in total. The highest BCUT2D eigenvalue weighted by molar-refractivity contribution is 7.90. The van der Waals surface area contributed by atoms with Gasteiger partial charge in [-0.15, -0.1) is 0 Å². The quantitative estimate of drug-likeness (QED) is 0.450. The van der Waals surface area contributed by atoms with Crippen LogP contribution < -0.4 is 10.6 Å². The van der Waals surface area contributed by atoms with E-state index in [1.165, 1.54) is 0 Å². The molecule has 2 aliphatic heterocycles. The van der Waals surface area contributed by atoms with Gasteiger partial charge in [-0.05, 0) is 74.3 Å². The van der Waals surface area contributed by atoms with Crippen molar-refractivity contribution in [3.05, 3.63) is 36.2 Å². The summed E-state index contributed by atoms with van der Waals surface area (Å²) < 4.78 is 18.6. The van der Waals surface area contributed by atoms with E-state index in [2.05, 4.69) is 20.6 Å². The van der Waals surface area contributed by atoms with Gasteiger partial charge in [-0.25, -0.2) is 15.0 Å². The number of benzene rings is 1. The molecule has 2 N–H and O–H groups in total. The van der Waals surface area contributed by atoms with E-state index in [-0.39, 0.29) is 17.6 Å². The Morgan fingerprint density at radius 2 is 1.92 bits per heavy atom. The van der Waals surface area contributed by atoms with Gasteiger partial charge in [0.25, 0.3) is 5.91 Å². The topological polar surface area (TPSA) is 115 Å². The van der Waals surface area contributed by atoms with Gasteiger partial charge in [0.2, 0.25) is 5.95 Å². The van der Waals surface area contributed by atoms with E-state index < -0.39 is 11.2 Å². The fourth-order valence-electron chi connectivity index (χ4n) is 5.71. The highest BCUT2D eigenvalue weighted by Crippen LogP contribution is 2.36. The summed E-state index contributed by atoms with van der Waals surface area (Å²) in [7, 11) is 0. The molecule has 3 atom stereocenters. The third-order valence-corrected chi connectivity index (χ3v) is 9.66. The minimum Gasteiger partial charge on any atom is -0.612 e. The zero-order chi connectivity index (χ0) is 25.4. The van der Waals surface area contributed by atoms with Crippen LogP contribution in [-0.2, 0) is 15.9 Å². The number of nitrogens with zero attached hydrogens (tertiary/aromatic N) is 4. The normalized spacial score (nSPS) is 24.0. The van der Waals surface area contributed by atoms with Gasteiger partial charge < -0.3 is 24.8 Å². The summed E-state index contributed by atoms with van der Waals surface area (Å²) in [5.74, 6) is 0.666. The number of fused-ring (bicyclic) bond motifs is 1. The van der Waals surface area contributed by atoms with Gasteiger partial charge in [-0.3, -0.25) is 4.79 Å². The van der Waals surface area contributed by atoms with Crippen LogP contribution in [0.15, 0.2) is 35.5 Å². The Morgan fingerprint density at radius 1 is 1.16 bits per heavy atom. The number of aromatic nitrogens is 3. The van der Waals surface area contributed by atoms with Crippen LogP contribution in [0.5, 0.6) is 0 Å². The van der Waals surface area contributed by atoms with Crippen LogP contribution in [0.25, 0.3) is 10.2 Å². The van der Waals surface area contributed by atoms with Crippen LogP contribution in [-0.4, -0.2) is 73.9 Å². The lowest BCUT2D eigenvalue weighted by Crippen LogP contribution is -2.46. The zero-order valence-electron chi connectivity index (χ0n) is 20.9. The van der Waals surface area contributed by atoms with E-state index in [0.29, 0.717) is 16.9 Å². The number of likely N-dealkylation sites (tertiary alicyclic amines) is 1. The van der Waals surface area contributed by atoms with Crippen LogP contribution in [0.1, 0.15) is 55.3 Å². The van der Waals surface area contributed by atoms with Crippen LogP contribution >= 0.6 is 11.3 Å². The Balaban J connectivity index is 1.05. The molecule has 0 radical (unpaired) electrons. The van der Waals surface area contributed by atoms with Crippen molar-refractivity contribution >= 4 is 49.7 Å². The minimum atomic E-state index is -1.08. The number of carbonyl (C=O) groups is 1. The van der Waals surface area contributed by atoms with Crippen molar-refractivity contribution in [3.8, 4) is 0 Å². The molecule has 1 saturated carbocycles. The van der Waals surface area contributed by atoms with Gasteiger partial charge >= 0.3 is 0 Å². The van der Waals surface area contributed by atoms with Crippen molar-refractivity contribution in [2.75, 3.05) is 36.6 Å². The predicted octanol–water partition coefficient (Wildman–Crippen LogP) is 4.05. The number of ether oxygens (including phenoxy) is 1. The molecular formula is C26H32N6O3S2. The number of hydrogen-bond donors (Lipinski definition) is 2. The third-order valence-electron chi connectivity index (χ3n) is 7.84. The average Bonchev–Trinajstić information content (AvgIpc) is 3.64. The number of nitrogens with one attached hydrogen (secondary N) is 2. The smallest absolute Gasteiger partial charge is 0.253 e. The molecule has 37 heavy (non-hydrogen) atoms. The number of thiazole rings is 1. The molecular weight excluding hydrogens is 508 g/mol. The third kappa shape index (κ3) is 5.41. The van der Waals surface area contributed by atoms with Crippen LogP contribution in [0, 0.1) is 0 Å². The first-order valence-corrected chi connectivity index (χ1v) is 15.4. The Labute approximate surface area is 223 Å². The number of carbonyl (C=O) groups excluding carboxylic acids is 1. The van der Waals surface area contributed by atoms with E-state index in [9.17, 15) is 9.35 Å². The molecule has 6 rings (SSSR count). The van der Waals surface area contributed by atoms with Crippen molar-refractivity contribution in [3.63, 3.8) is 0 Å². The number of hydrogen-bond acceptors (Lipinski definition) is 9. The molecule has 2 saturated heterocycles. The highest BCUT2D eigenvalue weighted by Gasteiger charge is 2.39. The van der Waals surface area contributed by atoms with Crippen LogP contribution in [0.3, 0.4) is 0 Å². The predicted molar refractivity (Wildman–Crippen MR) is 146 cm³/mol. The van der Waals surface area contributed by atoms with Gasteiger partial charge in [0.05, 0.1) is 28.2 Å². The van der Waals surface area contributed by atoms with E-state index in [1.54, 1.807) is 30.0 Å². The summed E-state index contributed by atoms with van der Waals surface area (Å²) in [5, 5.41) is 7.86. The Kier molecular flexibility index (Phi) is 6.95. The van der Waals surface area contributed by atoms with Gasteiger partial charge in [0.15, 0.2) is 10.0 Å². The highest BCUT2D eigenvalue weighted by atomic mass is 32.2. The second kappa shape index (κ2) is 10.4. The number of anilines is 2. The second-order valence-electron chi connectivity index (χ2n) is 10.3. The van der Waals surface area contributed by atoms with Crippen molar-refractivity contribution in [2.45, 2.75) is 67.5 Å². The summed E-state index contributed by atoms with van der Waals surface area (Å²) in [5.41, 5.74) is 1.66. The Bertz CT molecular complexity index is 1250. The maximum atomic E-state index is 13.2. The average molecular weight is 541 g/mol. The molecule has 1 unspecified atom stereocenters. The van der Waals surface area contributed by atoms with Gasteiger partial charge in [0, 0.05) is 37.3 Å². The summed E-state index contributed by atoms with van der Waals surface area (Å²) in [6, 6.07) is 6.42. The fourth-order valence-corrected chi connectivity index (χ4v) is 7.09. The van der Waals surface area contributed by atoms with E-state index >= 15 is 0 Å². The molecule has 196 valence electrons. The molecule has 3 fully saturated rings. The maximum Gasteiger partial charge on any atom is 0.253 e. The Hall–Kier alpha value is -2.47. The molecule has 0 bridgehead atoms. The summed E-state index contributed by atoms with van der Waals surface area (Å²) in [6.07, 6.45) is 11.9. The number of amides is 1. The summed E-state index contributed by atoms with van der Waals surface area (Å²) in [4.78, 5) is 29.1. The van der Waals surface area contributed by atoms with E-state index in [1.807, 2.05) is 23.1 Å². The first kappa shape index (κ1) is 24.8. The lowest BCUT2D eigenvalue weighted by molar-refractivity contribution is -0.0387. The lowest BCUT2D eigenvalue weighted by Gasteiger charge is -2.38. The zero-order valence-corrected chi connectivity index (χ0v) is 22.6. The van der Waals surface area contributed by atoms with Crippen molar-refractivity contribution in [2.24, 2.45) is 0 Å². The fraction of sp³-hybridized carbons (Fsp3) is 0.538. The molecule has 11 heteroatoms. The first-order valence-electron chi connectivity index (χ1n) is 13.0. The molecule has 1 spiro atoms. The van der Waals surface area contributed by atoms with Crippen molar-refractivity contribution in [1.82, 2.24) is 19.9 Å². The van der Waals surface area contributed by atoms with Gasteiger partial charge in [-0.1, -0.05) is 11.3 Å². The van der Waals surface area contributed by atoms with E-state index in [4.69, 9.17) is 9.72 Å². The molecule has 3 aliphatic rings. The van der Waals surface area contributed by atoms with Crippen molar-refractivity contribution in [1.29, 1.82) is 0 Å². The maximum absolute atomic E-state index is 13.2. The molecule has 1 amide bonds. The Morgan fingerprint density at radius 3 is 2.62 bits per heavy atom. The lowest BCUT2D eigenvalue weighted by atomic mass is 9.88. The monoisotopic (exact) mass is 540 g/mol. The summed E-state index contributed by atoms with van der Waals surface area (Å²) in [6.45, 7) is 2.38.